The average molecular weight is 341 g/mol. The Morgan fingerprint density at radius 3 is 2.76 bits per heavy atom. The zero-order valence-corrected chi connectivity index (χ0v) is 14.6. The molecule has 6 heteroatoms. The van der Waals surface area contributed by atoms with E-state index in [1.165, 1.54) is 0 Å². The van der Waals surface area contributed by atoms with Crippen molar-refractivity contribution in [2.45, 2.75) is 38.8 Å². The molecule has 1 N–H and O–H groups in total. The zero-order valence-electron chi connectivity index (χ0n) is 14.6. The van der Waals surface area contributed by atoms with Crippen molar-refractivity contribution >= 4 is 22.7 Å². The van der Waals surface area contributed by atoms with Crippen LogP contribution in [0.1, 0.15) is 25.0 Å². The molecular weight excluding hydrogens is 318 g/mol. The fourth-order valence-corrected chi connectivity index (χ4v) is 3.56. The van der Waals surface area contributed by atoms with Crippen molar-refractivity contribution in [2.75, 3.05) is 13.6 Å². The molecule has 1 atom stereocenters. The van der Waals surface area contributed by atoms with Gasteiger partial charge in [-0.1, -0.05) is 12.1 Å². The Kier molecular flexibility index (Phi) is 4.88. The molecule has 1 aromatic carbocycles. The summed E-state index contributed by atoms with van der Waals surface area (Å²) in [5, 5.41) is 3.25. The molecular formula is C19H23N3O3. The number of hydrogen-bond donors (Lipinski definition) is 1. The molecule has 2 amide bonds. The van der Waals surface area contributed by atoms with Crippen LogP contribution in [0, 0.1) is 6.92 Å². The lowest BCUT2D eigenvalue weighted by molar-refractivity contribution is -0.142. The Hall–Kier alpha value is -2.63. The number of carbonyl (C=O) groups excluding carboxylic acids is 2. The third-order valence-electron chi connectivity index (χ3n) is 4.89. The fourth-order valence-electron chi connectivity index (χ4n) is 3.56. The van der Waals surface area contributed by atoms with Crippen molar-refractivity contribution in [3.05, 3.63) is 46.2 Å². The number of rotatable bonds is 3. The number of para-hydroxylation sites is 1. The summed E-state index contributed by atoms with van der Waals surface area (Å²) in [6, 6.07) is 8.45. The molecule has 1 aliphatic rings. The Labute approximate surface area is 146 Å². The van der Waals surface area contributed by atoms with Gasteiger partial charge in [-0.15, -0.1) is 0 Å². The van der Waals surface area contributed by atoms with Crippen LogP contribution in [0.5, 0.6) is 0 Å². The molecule has 6 nitrogen and oxygen atoms in total. The number of aryl methyl sites for hydroxylation is 1. The third kappa shape index (κ3) is 3.29. The molecule has 3 rings (SSSR count). The lowest BCUT2D eigenvalue weighted by atomic mass is 10.0. The largest absolute Gasteiger partial charge is 0.357 e. The van der Waals surface area contributed by atoms with Crippen molar-refractivity contribution in [1.29, 1.82) is 0 Å². The second kappa shape index (κ2) is 7.09. The number of likely N-dealkylation sites (tertiary alicyclic amines) is 1. The van der Waals surface area contributed by atoms with Crippen molar-refractivity contribution in [3.8, 4) is 0 Å². The minimum absolute atomic E-state index is 0.0435. The topological polar surface area (TPSA) is 71.4 Å². The first kappa shape index (κ1) is 17.2. The van der Waals surface area contributed by atoms with Gasteiger partial charge in [0.05, 0.1) is 5.52 Å². The molecule has 2 aromatic rings. The summed E-state index contributed by atoms with van der Waals surface area (Å²) in [4.78, 5) is 38.9. The number of aromatic nitrogens is 1. The highest BCUT2D eigenvalue weighted by Gasteiger charge is 2.31. The predicted octanol–water partition coefficient (Wildman–Crippen LogP) is 1.44. The molecule has 1 aliphatic heterocycles. The Morgan fingerprint density at radius 1 is 1.24 bits per heavy atom. The van der Waals surface area contributed by atoms with Gasteiger partial charge in [-0.05, 0) is 38.3 Å². The van der Waals surface area contributed by atoms with Gasteiger partial charge in [-0.2, -0.15) is 0 Å². The quantitative estimate of drug-likeness (QED) is 0.918. The molecule has 1 fully saturated rings. The van der Waals surface area contributed by atoms with E-state index in [-0.39, 0.29) is 23.8 Å². The van der Waals surface area contributed by atoms with Crippen LogP contribution in [0.25, 0.3) is 10.9 Å². The first-order valence-corrected chi connectivity index (χ1v) is 8.63. The molecule has 1 saturated heterocycles. The maximum Gasteiger partial charge on any atom is 0.243 e. The summed E-state index contributed by atoms with van der Waals surface area (Å²) in [5.74, 6) is -0.209. The fraction of sp³-hybridized carbons (Fsp3) is 0.421. The normalized spacial score (nSPS) is 17.5. The van der Waals surface area contributed by atoms with Crippen LogP contribution < -0.4 is 10.7 Å². The van der Waals surface area contributed by atoms with Crippen LogP contribution in [0.4, 0.5) is 0 Å². The van der Waals surface area contributed by atoms with Gasteiger partial charge in [0, 0.05) is 30.7 Å². The zero-order chi connectivity index (χ0) is 18.0. The highest BCUT2D eigenvalue weighted by atomic mass is 16.2. The third-order valence-corrected chi connectivity index (χ3v) is 4.89. The molecule has 0 saturated carbocycles. The number of carbonyl (C=O) groups is 2. The highest BCUT2D eigenvalue weighted by molar-refractivity contribution is 5.88. The smallest absolute Gasteiger partial charge is 0.243 e. The van der Waals surface area contributed by atoms with E-state index in [0.717, 1.165) is 24.1 Å². The van der Waals surface area contributed by atoms with E-state index in [1.807, 2.05) is 29.7 Å². The van der Waals surface area contributed by atoms with Crippen LogP contribution >= 0.6 is 0 Å². The van der Waals surface area contributed by atoms with Gasteiger partial charge < -0.3 is 14.8 Å². The molecule has 132 valence electrons. The summed E-state index contributed by atoms with van der Waals surface area (Å²) < 4.78 is 1.86. The maximum absolute atomic E-state index is 12.9. The molecule has 2 heterocycles. The Balaban J connectivity index is 1.94. The van der Waals surface area contributed by atoms with E-state index in [2.05, 4.69) is 5.32 Å². The molecule has 0 unspecified atom stereocenters. The van der Waals surface area contributed by atoms with Gasteiger partial charge in [0.25, 0.3) is 0 Å². The van der Waals surface area contributed by atoms with Gasteiger partial charge >= 0.3 is 0 Å². The minimum atomic E-state index is -0.405. The molecule has 0 bridgehead atoms. The minimum Gasteiger partial charge on any atom is -0.357 e. The number of likely N-dealkylation sites (N-methyl/N-ethyl adjacent to an activating group) is 1. The number of piperidine rings is 1. The molecule has 0 spiro atoms. The molecule has 0 radical (unpaired) electrons. The molecule has 0 aliphatic carbocycles. The first-order valence-electron chi connectivity index (χ1n) is 8.63. The Bertz CT molecular complexity index is 872. The van der Waals surface area contributed by atoms with Crippen molar-refractivity contribution in [1.82, 2.24) is 14.8 Å². The second-order valence-corrected chi connectivity index (χ2v) is 6.47. The van der Waals surface area contributed by atoms with Gasteiger partial charge in [0.15, 0.2) is 5.43 Å². The van der Waals surface area contributed by atoms with Gasteiger partial charge in [-0.3, -0.25) is 14.4 Å². The lowest BCUT2D eigenvalue weighted by Gasteiger charge is -2.35. The number of nitrogens with zero attached hydrogens (tertiary/aromatic N) is 2. The van der Waals surface area contributed by atoms with Gasteiger partial charge in [0.2, 0.25) is 11.8 Å². The summed E-state index contributed by atoms with van der Waals surface area (Å²) in [6.07, 6.45) is 2.54. The van der Waals surface area contributed by atoms with Crippen molar-refractivity contribution in [2.24, 2.45) is 0 Å². The van der Waals surface area contributed by atoms with E-state index in [0.29, 0.717) is 18.4 Å². The number of benzene rings is 1. The number of amides is 2. The van der Waals surface area contributed by atoms with E-state index in [9.17, 15) is 14.4 Å². The number of fused-ring (bicyclic) bond motifs is 1. The standard InChI is InChI=1S/C19H23N3O3/c1-13-11-17(23)14-7-3-4-8-15(14)22(13)12-18(24)21-10-6-5-9-16(21)19(25)20-2/h3-4,7-8,11,16H,5-6,9-10,12H2,1-2H3,(H,20,25)/t16-/m1/s1. The van der Waals surface area contributed by atoms with Crippen LogP contribution in [0.2, 0.25) is 0 Å². The van der Waals surface area contributed by atoms with E-state index in [4.69, 9.17) is 0 Å². The summed E-state index contributed by atoms with van der Waals surface area (Å²) in [5.41, 5.74) is 1.44. The van der Waals surface area contributed by atoms with Crippen LogP contribution in [0.15, 0.2) is 35.1 Å². The Morgan fingerprint density at radius 2 is 2.00 bits per heavy atom. The maximum atomic E-state index is 12.9. The van der Waals surface area contributed by atoms with E-state index in [1.54, 1.807) is 24.1 Å². The summed E-state index contributed by atoms with van der Waals surface area (Å²) in [6.45, 7) is 2.54. The highest BCUT2D eigenvalue weighted by Crippen LogP contribution is 2.19. The number of hydrogen-bond acceptors (Lipinski definition) is 3. The predicted molar refractivity (Wildman–Crippen MR) is 96.4 cm³/mol. The van der Waals surface area contributed by atoms with Gasteiger partial charge in [0.1, 0.15) is 12.6 Å². The van der Waals surface area contributed by atoms with E-state index < -0.39 is 6.04 Å². The average Bonchev–Trinajstić information content (AvgIpc) is 2.64. The van der Waals surface area contributed by atoms with Crippen LogP contribution in [0.3, 0.4) is 0 Å². The SMILES string of the molecule is CNC(=O)[C@H]1CCCCN1C(=O)Cn1c(C)cc(=O)c2ccccc21. The van der Waals surface area contributed by atoms with Crippen molar-refractivity contribution in [3.63, 3.8) is 0 Å². The summed E-state index contributed by atoms with van der Waals surface area (Å²) >= 11 is 0. The van der Waals surface area contributed by atoms with Crippen molar-refractivity contribution < 1.29 is 9.59 Å². The van der Waals surface area contributed by atoms with Gasteiger partial charge in [-0.25, -0.2) is 0 Å². The summed E-state index contributed by atoms with van der Waals surface area (Å²) in [7, 11) is 1.60. The molecule has 25 heavy (non-hydrogen) atoms. The second-order valence-electron chi connectivity index (χ2n) is 6.47. The lowest BCUT2D eigenvalue weighted by Crippen LogP contribution is -2.52. The molecule has 1 aromatic heterocycles. The van der Waals surface area contributed by atoms with Crippen LogP contribution in [-0.4, -0.2) is 40.9 Å². The van der Waals surface area contributed by atoms with Crippen LogP contribution in [-0.2, 0) is 16.1 Å². The monoisotopic (exact) mass is 341 g/mol. The van der Waals surface area contributed by atoms with E-state index >= 15 is 0 Å². The number of nitrogens with one attached hydrogen (secondary N) is 1. The number of pyridine rings is 1. The first-order chi connectivity index (χ1) is 12.0.